The Labute approximate surface area is 515 Å². The van der Waals surface area contributed by atoms with Crippen molar-refractivity contribution in [2.75, 3.05) is 19.8 Å². The second-order valence-electron chi connectivity index (χ2n) is 23.6. The van der Waals surface area contributed by atoms with Crippen molar-refractivity contribution < 1.29 is 64.6 Å². The molecule has 0 aromatic carbocycles. The highest BCUT2D eigenvalue weighted by Gasteiger charge is 2.51. The van der Waals surface area contributed by atoms with Crippen LogP contribution >= 0.6 is 0 Å². The van der Waals surface area contributed by atoms with Gasteiger partial charge in [0, 0.05) is 6.42 Å². The van der Waals surface area contributed by atoms with Gasteiger partial charge in [-0.2, -0.15) is 0 Å². The van der Waals surface area contributed by atoms with Gasteiger partial charge in [0.25, 0.3) is 0 Å². The summed E-state index contributed by atoms with van der Waals surface area (Å²) in [7, 11) is 0. The van der Waals surface area contributed by atoms with E-state index in [4.69, 9.17) is 18.9 Å². The Morgan fingerprint density at radius 1 is 0.435 bits per heavy atom. The molecule has 0 aliphatic carbocycles. The van der Waals surface area contributed by atoms with Gasteiger partial charge in [0.2, 0.25) is 5.91 Å². The zero-order chi connectivity index (χ0) is 61.6. The largest absolute Gasteiger partial charge is 0.394 e. The normalized spacial score (nSPS) is 24.2. The molecule has 0 aromatic rings. The van der Waals surface area contributed by atoms with E-state index in [-0.39, 0.29) is 18.9 Å². The maximum atomic E-state index is 13.3. The van der Waals surface area contributed by atoms with Gasteiger partial charge in [0.15, 0.2) is 12.6 Å². The van der Waals surface area contributed by atoms with Crippen molar-refractivity contribution in [1.29, 1.82) is 0 Å². The molecule has 1 amide bonds. The van der Waals surface area contributed by atoms with E-state index < -0.39 is 86.8 Å². The summed E-state index contributed by atoms with van der Waals surface area (Å²) in [5.41, 5.74) is 0. The average molecular weight is 1200 g/mol. The number of carbonyl (C=O) groups is 1. The van der Waals surface area contributed by atoms with Gasteiger partial charge in [-0.1, -0.05) is 265 Å². The van der Waals surface area contributed by atoms with Crippen molar-refractivity contribution in [3.63, 3.8) is 0 Å². The number of allylic oxidation sites excluding steroid dienone is 16. The third-order valence-electron chi connectivity index (χ3n) is 16.1. The summed E-state index contributed by atoms with van der Waals surface area (Å²) < 4.78 is 22.9. The number of ether oxygens (including phenoxy) is 4. The standard InChI is InChI=1S/C71H123NO13/c1-3-5-7-9-11-13-15-17-19-21-23-24-25-26-27-28-29-30-31-32-33-34-35-36-37-39-41-43-45-47-49-51-53-55-63(76)72-59(60(75)54-52-50-48-46-44-42-40-38-22-20-18-16-14-12-10-8-6-4-2)58-82-70-68(81)66(79)69(62(57-74)84-70)85-71-67(80)65(78)64(77)61(56-73)83-71/h5,7,11,13,17,19,23-24,26-27,29-30,32-33,35-36,59-62,64-71,73-75,77-81H,3-4,6,8-10,12,14-16,18,20-22,25,28,31,34,37-58H2,1-2H3,(H,72,76)/b7-5-,13-11-,19-17-,24-23-,27-26-,30-29-,33-32-,36-35-. The van der Waals surface area contributed by atoms with Crippen LogP contribution in [0.3, 0.4) is 0 Å². The molecular weight excluding hydrogens is 1070 g/mol. The van der Waals surface area contributed by atoms with Crippen LogP contribution < -0.4 is 5.32 Å². The third kappa shape index (κ3) is 39.5. The third-order valence-corrected chi connectivity index (χ3v) is 16.1. The van der Waals surface area contributed by atoms with E-state index in [2.05, 4.69) is 116 Å². The molecule has 2 saturated heterocycles. The van der Waals surface area contributed by atoms with Crippen molar-refractivity contribution in [1.82, 2.24) is 5.32 Å². The van der Waals surface area contributed by atoms with E-state index in [1.165, 1.54) is 116 Å². The lowest BCUT2D eigenvalue weighted by Gasteiger charge is -2.46. The molecule has 12 atom stereocenters. The highest BCUT2D eigenvalue weighted by atomic mass is 16.7. The molecule has 2 fully saturated rings. The maximum absolute atomic E-state index is 13.3. The van der Waals surface area contributed by atoms with Gasteiger partial charge in [-0.15, -0.1) is 0 Å². The molecule has 0 bridgehead atoms. The lowest BCUT2D eigenvalue weighted by atomic mass is 9.97. The maximum Gasteiger partial charge on any atom is 0.220 e. The molecule has 490 valence electrons. The average Bonchev–Trinajstić information content (AvgIpc) is 3.29. The second kappa shape index (κ2) is 55.0. The SMILES string of the molecule is CC/C=C\C/C=C\C/C=C\C/C=C\C/C=C\C/C=C\C/C=C\C/C=C\CCCCCCCCCCC(=O)NC(COC1OC(CO)C(OC2OC(CO)C(O)C(O)C2O)C(O)C1O)C(O)CCCCCCCCCCCCCCCCCCCC. The van der Waals surface area contributed by atoms with Gasteiger partial charge < -0.3 is 65.1 Å². The van der Waals surface area contributed by atoms with E-state index in [0.717, 1.165) is 103 Å². The Bertz CT molecular complexity index is 1800. The molecule has 2 aliphatic heterocycles. The molecule has 0 spiro atoms. The molecule has 9 N–H and O–H groups in total. The van der Waals surface area contributed by atoms with E-state index >= 15 is 0 Å². The quantitative estimate of drug-likeness (QED) is 0.0204. The summed E-state index contributed by atoms with van der Waals surface area (Å²) in [6.07, 6.45) is 59.7. The Hall–Kier alpha value is -3.09. The summed E-state index contributed by atoms with van der Waals surface area (Å²) in [6, 6.07) is -0.841. The first-order chi connectivity index (χ1) is 41.6. The topological polar surface area (TPSA) is 228 Å². The first-order valence-corrected chi connectivity index (χ1v) is 34.0. The minimum absolute atomic E-state index is 0.217. The first kappa shape index (κ1) is 78.0. The zero-order valence-electron chi connectivity index (χ0n) is 53.1. The number of hydrogen-bond donors (Lipinski definition) is 9. The molecule has 2 heterocycles. The van der Waals surface area contributed by atoms with Crippen molar-refractivity contribution in [3.8, 4) is 0 Å². The van der Waals surface area contributed by atoms with Crippen LogP contribution in [-0.2, 0) is 23.7 Å². The van der Waals surface area contributed by atoms with Gasteiger partial charge >= 0.3 is 0 Å². The number of aliphatic hydroxyl groups excluding tert-OH is 8. The fraction of sp³-hybridized carbons (Fsp3) is 0.761. The number of aliphatic hydroxyl groups is 8. The van der Waals surface area contributed by atoms with Crippen molar-refractivity contribution >= 4 is 5.91 Å². The van der Waals surface area contributed by atoms with E-state index in [9.17, 15) is 45.6 Å². The highest BCUT2D eigenvalue weighted by molar-refractivity contribution is 5.76. The highest BCUT2D eigenvalue weighted by Crippen LogP contribution is 2.30. The molecule has 2 aliphatic rings. The smallest absolute Gasteiger partial charge is 0.220 e. The molecule has 14 nitrogen and oxygen atoms in total. The number of hydrogen-bond acceptors (Lipinski definition) is 13. The van der Waals surface area contributed by atoms with E-state index in [0.29, 0.717) is 12.8 Å². The predicted molar refractivity (Wildman–Crippen MR) is 346 cm³/mol. The van der Waals surface area contributed by atoms with E-state index in [1.807, 2.05) is 0 Å². The molecule has 0 saturated carbocycles. The summed E-state index contributed by atoms with van der Waals surface area (Å²) in [4.78, 5) is 13.3. The first-order valence-electron chi connectivity index (χ1n) is 34.0. The van der Waals surface area contributed by atoms with Gasteiger partial charge in [-0.3, -0.25) is 4.79 Å². The molecule has 0 aromatic heterocycles. The summed E-state index contributed by atoms with van der Waals surface area (Å²) in [6.45, 7) is 2.75. The van der Waals surface area contributed by atoms with Crippen LogP contribution in [0.4, 0.5) is 0 Å². The van der Waals surface area contributed by atoms with Gasteiger partial charge in [0.05, 0.1) is 32.0 Å². The number of amides is 1. The zero-order valence-corrected chi connectivity index (χ0v) is 53.1. The summed E-state index contributed by atoms with van der Waals surface area (Å²) >= 11 is 0. The molecular formula is C71H123NO13. The molecule has 12 unspecified atom stereocenters. The summed E-state index contributed by atoms with van der Waals surface area (Å²) in [5.74, 6) is -0.217. The monoisotopic (exact) mass is 1200 g/mol. The van der Waals surface area contributed by atoms with Crippen LogP contribution in [0.25, 0.3) is 0 Å². The molecule has 85 heavy (non-hydrogen) atoms. The minimum Gasteiger partial charge on any atom is -0.394 e. The Morgan fingerprint density at radius 3 is 1.25 bits per heavy atom. The van der Waals surface area contributed by atoms with Gasteiger partial charge in [-0.25, -0.2) is 0 Å². The fourth-order valence-corrected chi connectivity index (χ4v) is 10.7. The van der Waals surface area contributed by atoms with Crippen LogP contribution in [0.5, 0.6) is 0 Å². The number of carbonyl (C=O) groups excluding carboxylic acids is 1. The Balaban J connectivity index is 1.68. The molecule has 14 heteroatoms. The fourth-order valence-electron chi connectivity index (χ4n) is 10.7. The number of unbranched alkanes of at least 4 members (excludes halogenated alkanes) is 25. The van der Waals surface area contributed by atoms with Crippen molar-refractivity contribution in [2.24, 2.45) is 0 Å². The lowest BCUT2D eigenvalue weighted by Crippen LogP contribution is -2.65. The van der Waals surface area contributed by atoms with Crippen LogP contribution in [0.2, 0.25) is 0 Å². The minimum atomic E-state index is -1.79. The Kier molecular flexibility index (Phi) is 50.5. The molecule has 2 rings (SSSR count). The predicted octanol–water partition coefficient (Wildman–Crippen LogP) is 13.4. The van der Waals surface area contributed by atoms with Crippen LogP contribution in [0.15, 0.2) is 97.2 Å². The summed E-state index contributed by atoms with van der Waals surface area (Å²) in [5, 5.41) is 87.5. The van der Waals surface area contributed by atoms with E-state index in [1.54, 1.807) is 0 Å². The second-order valence-corrected chi connectivity index (χ2v) is 23.6. The number of rotatable bonds is 54. The lowest BCUT2D eigenvalue weighted by molar-refractivity contribution is -0.359. The molecule has 0 radical (unpaired) electrons. The van der Waals surface area contributed by atoms with Gasteiger partial charge in [0.1, 0.15) is 48.8 Å². The van der Waals surface area contributed by atoms with Crippen LogP contribution in [-0.4, -0.2) is 140 Å². The van der Waals surface area contributed by atoms with Crippen molar-refractivity contribution in [3.05, 3.63) is 97.2 Å². The van der Waals surface area contributed by atoms with Crippen LogP contribution in [0.1, 0.15) is 251 Å². The van der Waals surface area contributed by atoms with Gasteiger partial charge in [-0.05, 0) is 77.0 Å². The van der Waals surface area contributed by atoms with Crippen molar-refractivity contribution in [2.45, 2.75) is 325 Å². The Morgan fingerprint density at radius 2 is 0.812 bits per heavy atom. The van der Waals surface area contributed by atoms with Crippen LogP contribution in [0, 0.1) is 0 Å². The number of nitrogens with one attached hydrogen (secondary N) is 1.